The second-order valence-corrected chi connectivity index (χ2v) is 7.60. The zero-order valence-electron chi connectivity index (χ0n) is 17.0. The number of nitrogens with zero attached hydrogens (tertiary/aromatic N) is 1. The molecular formula is C21H27F6NO. The summed E-state index contributed by atoms with van der Waals surface area (Å²) in [6.45, 7) is 13.4. The molecule has 0 spiro atoms. The first-order chi connectivity index (χ1) is 13.1. The molecule has 1 aromatic rings. The van der Waals surface area contributed by atoms with Crippen LogP contribution in [0, 0.1) is 0 Å². The first-order valence-electron chi connectivity index (χ1n) is 8.97. The van der Waals surface area contributed by atoms with Gasteiger partial charge in [-0.05, 0) is 58.0 Å². The van der Waals surface area contributed by atoms with Crippen LogP contribution in [0.25, 0.3) is 0 Å². The van der Waals surface area contributed by atoms with Gasteiger partial charge in [-0.3, -0.25) is 4.90 Å². The number of ether oxygens (including phenoxy) is 1. The Morgan fingerprint density at radius 1 is 1.10 bits per heavy atom. The number of hydrogen-bond donors (Lipinski definition) is 0. The normalized spacial score (nSPS) is 15.8. The summed E-state index contributed by atoms with van der Waals surface area (Å²) in [4.78, 5) is 1.97. The van der Waals surface area contributed by atoms with Gasteiger partial charge in [0, 0.05) is 12.1 Å². The second-order valence-electron chi connectivity index (χ2n) is 7.60. The van der Waals surface area contributed by atoms with Crippen LogP contribution in [-0.2, 0) is 17.1 Å². The van der Waals surface area contributed by atoms with E-state index >= 15 is 0 Å². The summed E-state index contributed by atoms with van der Waals surface area (Å²) in [7, 11) is 1.85. The molecule has 2 unspecified atom stereocenters. The van der Waals surface area contributed by atoms with Crippen molar-refractivity contribution in [2.75, 3.05) is 20.2 Å². The Morgan fingerprint density at radius 3 is 1.97 bits per heavy atom. The lowest BCUT2D eigenvalue weighted by Crippen LogP contribution is -2.48. The minimum Gasteiger partial charge on any atom is -0.372 e. The van der Waals surface area contributed by atoms with Gasteiger partial charge < -0.3 is 4.74 Å². The highest BCUT2D eigenvalue weighted by Gasteiger charge is 2.37. The highest BCUT2D eigenvalue weighted by atomic mass is 19.4. The summed E-state index contributed by atoms with van der Waals surface area (Å²) in [6, 6.07) is 1.50. The van der Waals surface area contributed by atoms with E-state index in [1.807, 2.05) is 25.8 Å². The SMILES string of the molecule is C=CCC(C)(COC(C)c1cc(C(F)(F)F)cc(C(F)(F)F)c1)N(C)CC(=C)C. The van der Waals surface area contributed by atoms with Gasteiger partial charge >= 0.3 is 12.4 Å². The van der Waals surface area contributed by atoms with Gasteiger partial charge in [-0.15, -0.1) is 6.58 Å². The van der Waals surface area contributed by atoms with E-state index in [-0.39, 0.29) is 18.2 Å². The summed E-state index contributed by atoms with van der Waals surface area (Å²) >= 11 is 0. The van der Waals surface area contributed by atoms with Crippen molar-refractivity contribution in [3.05, 3.63) is 59.7 Å². The van der Waals surface area contributed by atoms with Crippen molar-refractivity contribution in [2.45, 2.75) is 51.2 Å². The molecular weight excluding hydrogens is 396 g/mol. The average molecular weight is 423 g/mol. The Labute approximate surface area is 167 Å². The third-order valence-electron chi connectivity index (χ3n) is 4.74. The molecule has 0 bridgehead atoms. The van der Waals surface area contributed by atoms with Crippen LogP contribution in [0.2, 0.25) is 0 Å². The van der Waals surface area contributed by atoms with Crippen LogP contribution in [0.1, 0.15) is 50.0 Å². The molecule has 0 saturated carbocycles. The standard InChI is InChI=1S/C21H27F6NO/c1-7-8-19(5,28(6)12-14(2)3)13-29-15(4)16-9-17(20(22,23)24)11-18(10-16)21(25,26)27/h7,9-11,15H,1-2,8,12-13H2,3-6H3. The first-order valence-corrected chi connectivity index (χ1v) is 8.97. The highest BCUT2D eigenvalue weighted by molar-refractivity contribution is 5.34. The molecule has 0 aliphatic carbocycles. The minimum atomic E-state index is -4.89. The van der Waals surface area contributed by atoms with Crippen molar-refractivity contribution in [1.29, 1.82) is 0 Å². The fraction of sp³-hybridized carbons (Fsp3) is 0.524. The summed E-state index contributed by atoms with van der Waals surface area (Å²) in [5.41, 5.74) is -2.54. The molecule has 0 radical (unpaired) electrons. The van der Waals surface area contributed by atoms with E-state index in [4.69, 9.17) is 4.74 Å². The van der Waals surface area contributed by atoms with Gasteiger partial charge in [-0.25, -0.2) is 0 Å². The van der Waals surface area contributed by atoms with Gasteiger partial charge in [-0.2, -0.15) is 26.3 Å². The Hall–Kier alpha value is -1.80. The molecule has 0 aromatic heterocycles. The van der Waals surface area contributed by atoms with E-state index < -0.39 is 35.1 Å². The number of alkyl halides is 6. The van der Waals surface area contributed by atoms with Crippen LogP contribution < -0.4 is 0 Å². The van der Waals surface area contributed by atoms with E-state index in [1.54, 1.807) is 6.08 Å². The lowest BCUT2D eigenvalue weighted by atomic mass is 9.96. The maximum Gasteiger partial charge on any atom is 0.416 e. The molecule has 0 fully saturated rings. The minimum absolute atomic E-state index is 0.0849. The summed E-state index contributed by atoms with van der Waals surface area (Å²) in [5.74, 6) is 0. The molecule has 29 heavy (non-hydrogen) atoms. The monoisotopic (exact) mass is 423 g/mol. The fourth-order valence-electron chi connectivity index (χ4n) is 2.85. The van der Waals surface area contributed by atoms with Gasteiger partial charge in [0.05, 0.1) is 23.8 Å². The van der Waals surface area contributed by atoms with Crippen LogP contribution in [-0.4, -0.2) is 30.6 Å². The predicted molar refractivity (Wildman–Crippen MR) is 101 cm³/mol. The smallest absolute Gasteiger partial charge is 0.372 e. The van der Waals surface area contributed by atoms with E-state index in [0.29, 0.717) is 25.1 Å². The quantitative estimate of drug-likeness (QED) is 0.326. The molecule has 0 aliphatic rings. The molecule has 0 heterocycles. The molecule has 2 atom stereocenters. The van der Waals surface area contributed by atoms with Crippen molar-refractivity contribution < 1.29 is 31.1 Å². The average Bonchev–Trinajstić information content (AvgIpc) is 2.57. The zero-order valence-corrected chi connectivity index (χ0v) is 17.0. The van der Waals surface area contributed by atoms with Crippen LogP contribution >= 0.6 is 0 Å². The first kappa shape index (κ1) is 25.2. The zero-order chi connectivity index (χ0) is 22.6. The second kappa shape index (κ2) is 9.34. The fourth-order valence-corrected chi connectivity index (χ4v) is 2.85. The van der Waals surface area contributed by atoms with Gasteiger partial charge in [0.2, 0.25) is 0 Å². The molecule has 0 saturated heterocycles. The number of likely N-dealkylation sites (N-methyl/N-ethyl adjacent to an activating group) is 1. The Morgan fingerprint density at radius 2 is 1.59 bits per heavy atom. The topological polar surface area (TPSA) is 12.5 Å². The summed E-state index contributed by atoms with van der Waals surface area (Å²) in [6.07, 6.45) is -8.56. The lowest BCUT2D eigenvalue weighted by Gasteiger charge is -2.39. The van der Waals surface area contributed by atoms with Gasteiger partial charge in [0.15, 0.2) is 0 Å². The predicted octanol–water partition coefficient (Wildman–Crippen LogP) is 6.64. The molecule has 8 heteroatoms. The van der Waals surface area contributed by atoms with E-state index in [2.05, 4.69) is 13.2 Å². The van der Waals surface area contributed by atoms with Gasteiger partial charge in [0.1, 0.15) is 0 Å². The molecule has 2 nitrogen and oxygen atoms in total. The van der Waals surface area contributed by atoms with Crippen molar-refractivity contribution in [3.63, 3.8) is 0 Å². The molecule has 164 valence electrons. The highest BCUT2D eigenvalue weighted by Crippen LogP contribution is 2.38. The van der Waals surface area contributed by atoms with Crippen LogP contribution in [0.5, 0.6) is 0 Å². The van der Waals surface area contributed by atoms with E-state index in [9.17, 15) is 26.3 Å². The van der Waals surface area contributed by atoms with Gasteiger partial charge in [0.25, 0.3) is 0 Å². The Kier molecular flexibility index (Phi) is 8.13. The maximum atomic E-state index is 13.1. The third-order valence-corrected chi connectivity index (χ3v) is 4.74. The van der Waals surface area contributed by atoms with Crippen LogP contribution in [0.3, 0.4) is 0 Å². The van der Waals surface area contributed by atoms with E-state index in [1.165, 1.54) is 6.92 Å². The number of hydrogen-bond acceptors (Lipinski definition) is 2. The molecule has 0 aliphatic heterocycles. The van der Waals surface area contributed by atoms with Gasteiger partial charge in [-0.1, -0.05) is 18.2 Å². The summed E-state index contributed by atoms with van der Waals surface area (Å²) < 4.78 is 84.1. The van der Waals surface area contributed by atoms with Crippen molar-refractivity contribution in [1.82, 2.24) is 4.90 Å². The Balaban J connectivity index is 3.15. The van der Waals surface area contributed by atoms with E-state index in [0.717, 1.165) is 5.57 Å². The maximum absolute atomic E-state index is 13.1. The summed E-state index contributed by atoms with van der Waals surface area (Å²) in [5, 5.41) is 0. The third kappa shape index (κ3) is 7.19. The van der Waals surface area contributed by atoms with Crippen molar-refractivity contribution >= 4 is 0 Å². The van der Waals surface area contributed by atoms with Crippen LogP contribution in [0.4, 0.5) is 26.3 Å². The number of benzene rings is 1. The number of rotatable bonds is 9. The molecule has 0 N–H and O–H groups in total. The Bertz CT molecular complexity index is 693. The molecule has 1 aromatic carbocycles. The largest absolute Gasteiger partial charge is 0.416 e. The van der Waals surface area contributed by atoms with Crippen LogP contribution in [0.15, 0.2) is 43.0 Å². The van der Waals surface area contributed by atoms with Crippen molar-refractivity contribution in [3.8, 4) is 0 Å². The molecule has 0 amide bonds. The number of halogens is 6. The molecule has 1 rings (SSSR count). The lowest BCUT2D eigenvalue weighted by molar-refractivity contribution is -0.143. The van der Waals surface area contributed by atoms with Crippen molar-refractivity contribution in [2.24, 2.45) is 0 Å².